The maximum Gasteiger partial charge on any atom is 0.123 e. The van der Waals surface area contributed by atoms with Gasteiger partial charge in [0.2, 0.25) is 0 Å². The summed E-state index contributed by atoms with van der Waals surface area (Å²) in [6, 6.07) is 13.5. The molecule has 0 aliphatic carbocycles. The number of nitrogens with zero attached hydrogens (tertiary/aromatic N) is 2. The van der Waals surface area contributed by atoms with Crippen molar-refractivity contribution in [2.24, 2.45) is 0 Å². The number of nitriles is 1. The molecule has 3 nitrogen and oxygen atoms in total. The van der Waals surface area contributed by atoms with Gasteiger partial charge in [-0.05, 0) is 49.4 Å². The molecule has 0 aliphatic heterocycles. The van der Waals surface area contributed by atoms with Crippen LogP contribution in [0.1, 0.15) is 12.5 Å². The predicted molar refractivity (Wildman–Crippen MR) is 74.6 cm³/mol. The van der Waals surface area contributed by atoms with E-state index >= 15 is 0 Å². The summed E-state index contributed by atoms with van der Waals surface area (Å²) in [5, 5.41) is 8.84. The van der Waals surface area contributed by atoms with Gasteiger partial charge in [0.15, 0.2) is 0 Å². The molecule has 0 saturated carbocycles. The van der Waals surface area contributed by atoms with E-state index in [0.717, 1.165) is 11.4 Å². The maximum absolute atomic E-state index is 13.0. The fourth-order valence-electron chi connectivity index (χ4n) is 1.98. The van der Waals surface area contributed by atoms with Crippen LogP contribution in [0.15, 0.2) is 42.5 Å². The molecule has 2 rings (SSSR count). The molecule has 0 aliphatic rings. The monoisotopic (exact) mass is 255 g/mol. The first-order valence-corrected chi connectivity index (χ1v) is 5.98. The van der Waals surface area contributed by atoms with E-state index in [9.17, 15) is 4.39 Å². The zero-order valence-electron chi connectivity index (χ0n) is 10.6. The van der Waals surface area contributed by atoms with Crippen LogP contribution in [-0.4, -0.2) is 6.54 Å². The molecule has 2 N–H and O–H groups in total. The highest BCUT2D eigenvalue weighted by molar-refractivity contribution is 5.76. The van der Waals surface area contributed by atoms with Crippen molar-refractivity contribution in [1.29, 1.82) is 5.26 Å². The number of hydrogen-bond donors (Lipinski definition) is 1. The van der Waals surface area contributed by atoms with Gasteiger partial charge in [0, 0.05) is 12.2 Å². The van der Waals surface area contributed by atoms with E-state index in [0.29, 0.717) is 17.8 Å². The van der Waals surface area contributed by atoms with Crippen LogP contribution in [0, 0.1) is 17.1 Å². The number of anilines is 3. The Balaban J connectivity index is 2.42. The van der Waals surface area contributed by atoms with Crippen molar-refractivity contribution >= 4 is 17.1 Å². The first-order valence-electron chi connectivity index (χ1n) is 5.98. The Morgan fingerprint density at radius 1 is 1.21 bits per heavy atom. The van der Waals surface area contributed by atoms with Gasteiger partial charge >= 0.3 is 0 Å². The quantitative estimate of drug-likeness (QED) is 0.855. The highest BCUT2D eigenvalue weighted by Crippen LogP contribution is 2.30. The summed E-state index contributed by atoms with van der Waals surface area (Å²) in [7, 11) is 0. The number of nitrogen functional groups attached to an aromatic ring is 1. The molecule has 2 aromatic carbocycles. The van der Waals surface area contributed by atoms with Crippen LogP contribution < -0.4 is 10.6 Å². The van der Waals surface area contributed by atoms with Crippen LogP contribution in [0.2, 0.25) is 0 Å². The molecular weight excluding hydrogens is 241 g/mol. The zero-order valence-corrected chi connectivity index (χ0v) is 10.6. The average Bonchev–Trinajstić information content (AvgIpc) is 2.43. The van der Waals surface area contributed by atoms with Gasteiger partial charge in [-0.1, -0.05) is 0 Å². The van der Waals surface area contributed by atoms with E-state index in [1.165, 1.54) is 12.1 Å². The fraction of sp³-hybridized carbons (Fsp3) is 0.133. The third kappa shape index (κ3) is 2.66. The number of benzene rings is 2. The van der Waals surface area contributed by atoms with Gasteiger partial charge in [0.05, 0.1) is 23.0 Å². The van der Waals surface area contributed by atoms with Crippen LogP contribution in [0.25, 0.3) is 0 Å². The van der Waals surface area contributed by atoms with E-state index in [1.807, 2.05) is 11.8 Å². The molecule has 0 spiro atoms. The Morgan fingerprint density at radius 3 is 2.42 bits per heavy atom. The van der Waals surface area contributed by atoms with Gasteiger partial charge in [-0.25, -0.2) is 4.39 Å². The van der Waals surface area contributed by atoms with Gasteiger partial charge in [0.1, 0.15) is 5.82 Å². The molecule has 4 heteroatoms. The lowest BCUT2D eigenvalue weighted by molar-refractivity contribution is 0.628. The lowest BCUT2D eigenvalue weighted by Crippen LogP contribution is -2.17. The topological polar surface area (TPSA) is 53.0 Å². The third-order valence-corrected chi connectivity index (χ3v) is 2.90. The van der Waals surface area contributed by atoms with Crippen LogP contribution in [0.3, 0.4) is 0 Å². The minimum atomic E-state index is -0.271. The molecule has 0 saturated heterocycles. The minimum Gasteiger partial charge on any atom is -0.397 e. The SMILES string of the molecule is CCN(c1ccc(F)cc1)c1ccc(C#N)cc1N. The first kappa shape index (κ1) is 12.9. The van der Waals surface area contributed by atoms with Gasteiger partial charge in [0.25, 0.3) is 0 Å². The molecule has 0 atom stereocenters. The van der Waals surface area contributed by atoms with Gasteiger partial charge < -0.3 is 10.6 Å². The van der Waals surface area contributed by atoms with Crippen molar-refractivity contribution < 1.29 is 4.39 Å². The molecule has 0 bridgehead atoms. The molecule has 19 heavy (non-hydrogen) atoms. The van der Waals surface area contributed by atoms with Crippen molar-refractivity contribution in [2.45, 2.75) is 6.92 Å². The summed E-state index contributed by atoms with van der Waals surface area (Å²) in [5.74, 6) is -0.271. The minimum absolute atomic E-state index is 0.271. The van der Waals surface area contributed by atoms with Crippen molar-refractivity contribution in [3.8, 4) is 6.07 Å². The van der Waals surface area contributed by atoms with Gasteiger partial charge in [-0.15, -0.1) is 0 Å². The predicted octanol–water partition coefficient (Wildman–Crippen LogP) is 3.44. The number of rotatable bonds is 3. The van der Waals surface area contributed by atoms with Gasteiger partial charge in [-0.3, -0.25) is 0 Å². The molecule has 0 fully saturated rings. The Hall–Kier alpha value is -2.54. The molecule has 0 amide bonds. The standard InChI is InChI=1S/C15H14FN3/c1-2-19(13-6-4-12(16)5-7-13)15-8-3-11(10-17)9-14(15)18/h3-9H,2,18H2,1H3. The largest absolute Gasteiger partial charge is 0.397 e. The lowest BCUT2D eigenvalue weighted by Gasteiger charge is -2.24. The zero-order chi connectivity index (χ0) is 13.8. The summed E-state index contributed by atoms with van der Waals surface area (Å²) < 4.78 is 13.0. The highest BCUT2D eigenvalue weighted by Gasteiger charge is 2.11. The molecule has 0 heterocycles. The molecular formula is C15H14FN3. The normalized spacial score (nSPS) is 9.95. The van der Waals surface area contributed by atoms with Crippen LogP contribution in [0.5, 0.6) is 0 Å². The first-order chi connectivity index (χ1) is 9.15. The second-order valence-corrected chi connectivity index (χ2v) is 4.11. The fourth-order valence-corrected chi connectivity index (χ4v) is 1.98. The summed E-state index contributed by atoms with van der Waals surface area (Å²) in [5.41, 5.74) is 8.71. The maximum atomic E-state index is 13.0. The van der Waals surface area contributed by atoms with E-state index in [2.05, 4.69) is 6.07 Å². The molecule has 0 aromatic heterocycles. The molecule has 2 aromatic rings. The summed E-state index contributed by atoms with van der Waals surface area (Å²) in [6.07, 6.45) is 0. The lowest BCUT2D eigenvalue weighted by atomic mass is 10.1. The number of nitrogens with two attached hydrogens (primary N) is 1. The second kappa shape index (κ2) is 5.40. The van der Waals surface area contributed by atoms with Crippen molar-refractivity contribution in [1.82, 2.24) is 0 Å². The summed E-state index contributed by atoms with van der Waals surface area (Å²) in [4.78, 5) is 1.97. The van der Waals surface area contributed by atoms with E-state index in [1.54, 1.807) is 30.3 Å². The van der Waals surface area contributed by atoms with Crippen molar-refractivity contribution in [2.75, 3.05) is 17.2 Å². The van der Waals surface area contributed by atoms with E-state index in [-0.39, 0.29) is 5.82 Å². The smallest absolute Gasteiger partial charge is 0.123 e. The highest BCUT2D eigenvalue weighted by atomic mass is 19.1. The Morgan fingerprint density at radius 2 is 1.89 bits per heavy atom. The Labute approximate surface area is 111 Å². The molecule has 0 radical (unpaired) electrons. The van der Waals surface area contributed by atoms with Crippen LogP contribution in [-0.2, 0) is 0 Å². The molecule has 96 valence electrons. The van der Waals surface area contributed by atoms with Crippen LogP contribution in [0.4, 0.5) is 21.5 Å². The average molecular weight is 255 g/mol. The Kier molecular flexibility index (Phi) is 3.67. The van der Waals surface area contributed by atoms with Crippen molar-refractivity contribution in [3.05, 3.63) is 53.8 Å². The Bertz CT molecular complexity index is 614. The number of hydrogen-bond acceptors (Lipinski definition) is 3. The van der Waals surface area contributed by atoms with E-state index in [4.69, 9.17) is 11.0 Å². The van der Waals surface area contributed by atoms with Crippen LogP contribution >= 0.6 is 0 Å². The number of halogens is 1. The third-order valence-electron chi connectivity index (χ3n) is 2.90. The second-order valence-electron chi connectivity index (χ2n) is 4.11. The van der Waals surface area contributed by atoms with Crippen molar-refractivity contribution in [3.63, 3.8) is 0 Å². The summed E-state index contributed by atoms with van der Waals surface area (Å²) in [6.45, 7) is 2.68. The molecule has 0 unspecified atom stereocenters. The van der Waals surface area contributed by atoms with E-state index < -0.39 is 0 Å². The summed E-state index contributed by atoms with van der Waals surface area (Å²) >= 11 is 0. The van der Waals surface area contributed by atoms with Gasteiger partial charge in [-0.2, -0.15) is 5.26 Å².